The standard InChI is InChI=1S/C13H17N3OS.ClH/c1-16(9-12-7-15-13(14)18-12)8-10-4-3-5-11(6-10)17-2;/h3-7H,8-9H2,1-2H3,(H2,14,15);1H. The molecule has 4 nitrogen and oxygen atoms in total. The normalized spacial score (nSPS) is 10.3. The van der Waals surface area contributed by atoms with E-state index in [1.807, 2.05) is 18.3 Å². The number of hydrogen-bond acceptors (Lipinski definition) is 5. The molecule has 0 aliphatic heterocycles. The molecule has 104 valence electrons. The van der Waals surface area contributed by atoms with E-state index >= 15 is 0 Å². The van der Waals surface area contributed by atoms with Crippen LogP contribution in [0.25, 0.3) is 0 Å². The van der Waals surface area contributed by atoms with Crippen molar-refractivity contribution >= 4 is 28.9 Å². The van der Waals surface area contributed by atoms with Crippen LogP contribution in [0.5, 0.6) is 5.75 Å². The molecule has 2 rings (SSSR count). The molecule has 0 unspecified atom stereocenters. The van der Waals surface area contributed by atoms with Crippen molar-refractivity contribution in [1.82, 2.24) is 9.88 Å². The Kier molecular flexibility index (Phi) is 6.08. The number of nitrogens with zero attached hydrogens (tertiary/aromatic N) is 2. The third-order valence-corrected chi connectivity index (χ3v) is 3.40. The maximum absolute atomic E-state index is 5.62. The summed E-state index contributed by atoms with van der Waals surface area (Å²) in [6.07, 6.45) is 1.84. The van der Waals surface area contributed by atoms with Crippen LogP contribution in [0.4, 0.5) is 5.13 Å². The van der Waals surface area contributed by atoms with Gasteiger partial charge >= 0.3 is 0 Å². The number of anilines is 1. The summed E-state index contributed by atoms with van der Waals surface area (Å²) in [5, 5.41) is 0.625. The predicted octanol–water partition coefficient (Wildman–Crippen LogP) is 2.79. The molecule has 0 atom stereocenters. The van der Waals surface area contributed by atoms with E-state index in [9.17, 15) is 0 Å². The number of benzene rings is 1. The van der Waals surface area contributed by atoms with Crippen LogP contribution in [0.1, 0.15) is 10.4 Å². The fourth-order valence-corrected chi connectivity index (χ4v) is 2.56. The third-order valence-electron chi connectivity index (χ3n) is 2.58. The molecule has 6 heteroatoms. The molecule has 0 aliphatic rings. The van der Waals surface area contributed by atoms with E-state index in [1.165, 1.54) is 21.8 Å². The lowest BCUT2D eigenvalue weighted by Crippen LogP contribution is -2.16. The smallest absolute Gasteiger partial charge is 0.180 e. The largest absolute Gasteiger partial charge is 0.497 e. The van der Waals surface area contributed by atoms with E-state index in [-0.39, 0.29) is 12.4 Å². The number of ether oxygens (including phenoxy) is 1. The van der Waals surface area contributed by atoms with Gasteiger partial charge in [-0.15, -0.1) is 23.7 Å². The lowest BCUT2D eigenvalue weighted by molar-refractivity contribution is 0.321. The molecular weight excluding hydrogens is 282 g/mol. The molecule has 0 amide bonds. The van der Waals surface area contributed by atoms with Crippen molar-refractivity contribution in [3.05, 3.63) is 40.9 Å². The maximum Gasteiger partial charge on any atom is 0.180 e. The zero-order valence-corrected chi connectivity index (χ0v) is 12.6. The number of aromatic nitrogens is 1. The summed E-state index contributed by atoms with van der Waals surface area (Å²) >= 11 is 1.53. The summed E-state index contributed by atoms with van der Waals surface area (Å²) < 4.78 is 5.22. The van der Waals surface area contributed by atoms with Crippen LogP contribution in [-0.2, 0) is 13.1 Å². The first-order valence-corrected chi connectivity index (χ1v) is 6.50. The Bertz CT molecular complexity index is 518. The van der Waals surface area contributed by atoms with Crippen molar-refractivity contribution in [2.24, 2.45) is 0 Å². The van der Waals surface area contributed by atoms with E-state index in [2.05, 4.69) is 29.1 Å². The molecule has 0 aliphatic carbocycles. The Morgan fingerprint density at radius 3 is 2.79 bits per heavy atom. The van der Waals surface area contributed by atoms with Crippen LogP contribution >= 0.6 is 23.7 Å². The van der Waals surface area contributed by atoms with Gasteiger partial charge < -0.3 is 10.5 Å². The SMILES string of the molecule is COc1cccc(CN(C)Cc2cnc(N)s2)c1.Cl. The molecule has 19 heavy (non-hydrogen) atoms. The summed E-state index contributed by atoms with van der Waals surface area (Å²) in [5.74, 6) is 0.892. The lowest BCUT2D eigenvalue weighted by Gasteiger charge is -2.15. The van der Waals surface area contributed by atoms with Crippen LogP contribution < -0.4 is 10.5 Å². The highest BCUT2D eigenvalue weighted by Gasteiger charge is 2.05. The van der Waals surface area contributed by atoms with Crippen molar-refractivity contribution in [3.63, 3.8) is 0 Å². The Morgan fingerprint density at radius 2 is 2.16 bits per heavy atom. The molecule has 0 fully saturated rings. The van der Waals surface area contributed by atoms with Gasteiger partial charge in [0.1, 0.15) is 5.75 Å². The van der Waals surface area contributed by atoms with Crippen LogP contribution in [0.15, 0.2) is 30.5 Å². The summed E-state index contributed by atoms with van der Waals surface area (Å²) in [7, 11) is 3.76. The molecule has 1 heterocycles. The lowest BCUT2D eigenvalue weighted by atomic mass is 10.2. The molecule has 0 bridgehead atoms. The quantitative estimate of drug-likeness (QED) is 0.922. The number of nitrogen functional groups attached to an aromatic ring is 1. The number of thiazole rings is 1. The molecule has 1 aromatic heterocycles. The Balaban J connectivity index is 0.00000180. The summed E-state index contributed by atoms with van der Waals surface area (Å²) in [6.45, 7) is 1.72. The topological polar surface area (TPSA) is 51.4 Å². The first-order chi connectivity index (χ1) is 8.67. The maximum atomic E-state index is 5.62. The zero-order chi connectivity index (χ0) is 13.0. The van der Waals surface area contributed by atoms with Gasteiger partial charge in [0.25, 0.3) is 0 Å². The number of methoxy groups -OCH3 is 1. The van der Waals surface area contributed by atoms with Crippen LogP contribution in [0.3, 0.4) is 0 Å². The second-order valence-corrected chi connectivity index (χ2v) is 5.34. The van der Waals surface area contributed by atoms with Gasteiger partial charge in [0, 0.05) is 24.2 Å². The van der Waals surface area contributed by atoms with Crippen molar-refractivity contribution in [2.45, 2.75) is 13.1 Å². The van der Waals surface area contributed by atoms with E-state index in [4.69, 9.17) is 10.5 Å². The number of nitrogens with two attached hydrogens (primary N) is 1. The molecule has 1 aromatic carbocycles. The van der Waals surface area contributed by atoms with Gasteiger partial charge in [-0.2, -0.15) is 0 Å². The molecular formula is C13H18ClN3OS. The molecule has 2 aromatic rings. The van der Waals surface area contributed by atoms with Crippen molar-refractivity contribution < 1.29 is 4.74 Å². The predicted molar refractivity (Wildman–Crippen MR) is 81.9 cm³/mol. The number of halogens is 1. The summed E-state index contributed by atoms with van der Waals surface area (Å²) in [5.41, 5.74) is 6.85. The Labute approximate surface area is 123 Å². The molecule has 0 radical (unpaired) electrons. The van der Waals surface area contributed by atoms with Gasteiger partial charge in [-0.25, -0.2) is 4.98 Å². The first kappa shape index (κ1) is 15.8. The highest BCUT2D eigenvalue weighted by molar-refractivity contribution is 7.15. The van der Waals surface area contributed by atoms with Gasteiger partial charge in [-0.3, -0.25) is 4.90 Å². The number of rotatable bonds is 5. The van der Waals surface area contributed by atoms with Gasteiger partial charge in [0.05, 0.1) is 7.11 Å². The van der Waals surface area contributed by atoms with Gasteiger partial charge in [-0.05, 0) is 24.7 Å². The monoisotopic (exact) mass is 299 g/mol. The van der Waals surface area contributed by atoms with Gasteiger partial charge in [-0.1, -0.05) is 12.1 Å². The Morgan fingerprint density at radius 1 is 1.37 bits per heavy atom. The van der Waals surface area contributed by atoms with Gasteiger partial charge in [0.2, 0.25) is 0 Å². The average Bonchev–Trinajstić information content (AvgIpc) is 2.74. The molecule has 0 spiro atoms. The molecule has 0 saturated heterocycles. The highest BCUT2D eigenvalue weighted by Crippen LogP contribution is 2.18. The minimum absolute atomic E-state index is 0. The average molecular weight is 300 g/mol. The van der Waals surface area contributed by atoms with E-state index in [0.29, 0.717) is 5.13 Å². The van der Waals surface area contributed by atoms with Crippen LogP contribution in [-0.4, -0.2) is 24.0 Å². The van der Waals surface area contributed by atoms with Crippen molar-refractivity contribution in [3.8, 4) is 5.75 Å². The fraction of sp³-hybridized carbons (Fsp3) is 0.308. The first-order valence-electron chi connectivity index (χ1n) is 5.69. The Hall–Kier alpha value is -1.30. The highest BCUT2D eigenvalue weighted by atomic mass is 35.5. The summed E-state index contributed by atoms with van der Waals surface area (Å²) in [4.78, 5) is 7.46. The minimum Gasteiger partial charge on any atom is -0.497 e. The number of hydrogen-bond donors (Lipinski definition) is 1. The van der Waals surface area contributed by atoms with Crippen molar-refractivity contribution in [1.29, 1.82) is 0 Å². The second kappa shape index (κ2) is 7.33. The minimum atomic E-state index is 0. The van der Waals surface area contributed by atoms with Crippen LogP contribution in [0, 0.1) is 0 Å². The van der Waals surface area contributed by atoms with E-state index in [0.717, 1.165) is 18.8 Å². The van der Waals surface area contributed by atoms with Crippen LogP contribution in [0.2, 0.25) is 0 Å². The van der Waals surface area contributed by atoms with Gasteiger partial charge in [0.15, 0.2) is 5.13 Å². The fourth-order valence-electron chi connectivity index (χ4n) is 1.80. The van der Waals surface area contributed by atoms with E-state index in [1.54, 1.807) is 7.11 Å². The molecule has 0 saturated carbocycles. The molecule has 2 N–H and O–H groups in total. The van der Waals surface area contributed by atoms with E-state index < -0.39 is 0 Å². The van der Waals surface area contributed by atoms with Crippen molar-refractivity contribution in [2.75, 3.05) is 19.9 Å². The zero-order valence-electron chi connectivity index (χ0n) is 11.0. The summed E-state index contributed by atoms with van der Waals surface area (Å²) in [6, 6.07) is 8.11. The second-order valence-electron chi connectivity index (χ2n) is 4.19. The third kappa shape index (κ3) is 4.70.